The lowest BCUT2D eigenvalue weighted by atomic mass is 10.0. The summed E-state index contributed by atoms with van der Waals surface area (Å²) < 4.78 is 13.7. The summed E-state index contributed by atoms with van der Waals surface area (Å²) >= 11 is 5.74. The largest absolute Gasteiger partial charge is 0.206 e. The molecule has 124 valence electrons. The van der Waals surface area contributed by atoms with Crippen molar-refractivity contribution < 1.29 is 4.39 Å². The van der Waals surface area contributed by atoms with Gasteiger partial charge in [-0.2, -0.15) is 0 Å². The first-order valence-corrected chi connectivity index (χ1v) is 8.59. The average molecular weight is 349 g/mol. The third-order valence-electron chi connectivity index (χ3n) is 4.05. The second-order valence-electron chi connectivity index (χ2n) is 6.06. The Labute approximate surface area is 153 Å². The molecule has 0 saturated heterocycles. The standard InChI is InChI=1S/C23H18ClF/c1-17-2-4-18(5-3-17)6-7-19-8-10-20(11-9-19)12-13-21-14-15-22(24)16-23(21)25/h2-5,8-11,14-16H,6-7H2,1H3. The van der Waals surface area contributed by atoms with Crippen molar-refractivity contribution in [1.82, 2.24) is 0 Å². The van der Waals surface area contributed by atoms with E-state index in [-0.39, 0.29) is 0 Å². The Hall–Kier alpha value is -2.56. The topological polar surface area (TPSA) is 0 Å². The summed E-state index contributed by atoms with van der Waals surface area (Å²) in [6.07, 6.45) is 2.00. The molecule has 0 aliphatic carbocycles. The molecule has 0 amide bonds. The number of aryl methyl sites for hydroxylation is 3. The van der Waals surface area contributed by atoms with Crippen molar-refractivity contribution in [3.05, 3.63) is 105 Å². The molecule has 0 nitrogen and oxygen atoms in total. The van der Waals surface area contributed by atoms with Crippen LogP contribution in [0.5, 0.6) is 0 Å². The van der Waals surface area contributed by atoms with Crippen molar-refractivity contribution in [2.24, 2.45) is 0 Å². The van der Waals surface area contributed by atoms with Gasteiger partial charge in [0, 0.05) is 10.6 Å². The van der Waals surface area contributed by atoms with E-state index in [2.05, 4.69) is 55.2 Å². The van der Waals surface area contributed by atoms with Gasteiger partial charge in [0.15, 0.2) is 0 Å². The molecule has 3 aromatic carbocycles. The summed E-state index contributed by atoms with van der Waals surface area (Å²) in [6, 6.07) is 21.3. The van der Waals surface area contributed by atoms with Gasteiger partial charge in [0.05, 0.1) is 5.56 Å². The lowest BCUT2D eigenvalue weighted by Crippen LogP contribution is -1.91. The monoisotopic (exact) mass is 348 g/mol. The van der Waals surface area contributed by atoms with Gasteiger partial charge < -0.3 is 0 Å². The summed E-state index contributed by atoms with van der Waals surface area (Å²) in [5, 5.41) is 0.376. The van der Waals surface area contributed by atoms with Crippen LogP contribution in [0, 0.1) is 24.6 Å². The fraction of sp³-hybridized carbons (Fsp3) is 0.130. The van der Waals surface area contributed by atoms with Gasteiger partial charge >= 0.3 is 0 Å². The van der Waals surface area contributed by atoms with Crippen LogP contribution in [-0.2, 0) is 12.8 Å². The first-order chi connectivity index (χ1) is 12.1. The normalized spacial score (nSPS) is 10.2. The van der Waals surface area contributed by atoms with E-state index in [1.165, 1.54) is 22.8 Å². The maximum Gasteiger partial charge on any atom is 0.140 e. The molecule has 0 fully saturated rings. The van der Waals surface area contributed by atoms with Gasteiger partial charge in [-0.25, -0.2) is 4.39 Å². The van der Waals surface area contributed by atoms with Gasteiger partial charge in [-0.3, -0.25) is 0 Å². The average Bonchev–Trinajstić information content (AvgIpc) is 2.61. The highest BCUT2D eigenvalue weighted by molar-refractivity contribution is 6.30. The summed E-state index contributed by atoms with van der Waals surface area (Å²) in [5.41, 5.74) is 5.11. The third kappa shape index (κ3) is 4.95. The van der Waals surface area contributed by atoms with Crippen molar-refractivity contribution in [1.29, 1.82) is 0 Å². The van der Waals surface area contributed by atoms with Crippen molar-refractivity contribution in [3.63, 3.8) is 0 Å². The van der Waals surface area contributed by atoms with E-state index >= 15 is 0 Å². The molecule has 25 heavy (non-hydrogen) atoms. The van der Waals surface area contributed by atoms with Gasteiger partial charge in [0.25, 0.3) is 0 Å². The van der Waals surface area contributed by atoms with Crippen LogP contribution >= 0.6 is 11.6 Å². The van der Waals surface area contributed by atoms with E-state index in [0.717, 1.165) is 18.4 Å². The Morgan fingerprint density at radius 2 is 1.40 bits per heavy atom. The van der Waals surface area contributed by atoms with Crippen molar-refractivity contribution in [3.8, 4) is 11.8 Å². The molecule has 0 radical (unpaired) electrons. The van der Waals surface area contributed by atoms with Gasteiger partial charge in [-0.05, 0) is 61.2 Å². The van der Waals surface area contributed by atoms with Crippen LogP contribution in [0.2, 0.25) is 5.02 Å². The fourth-order valence-electron chi connectivity index (χ4n) is 2.53. The number of rotatable bonds is 3. The van der Waals surface area contributed by atoms with Crippen molar-refractivity contribution in [2.45, 2.75) is 19.8 Å². The Kier molecular flexibility index (Phi) is 5.53. The SMILES string of the molecule is Cc1ccc(CCc2ccc(C#Cc3ccc(Cl)cc3F)cc2)cc1. The van der Waals surface area contributed by atoms with Crippen LogP contribution in [0.4, 0.5) is 4.39 Å². The Morgan fingerprint density at radius 1 is 0.800 bits per heavy atom. The third-order valence-corrected chi connectivity index (χ3v) is 4.28. The summed E-state index contributed by atoms with van der Waals surface area (Å²) in [5.74, 6) is 5.46. The molecule has 3 rings (SSSR count). The van der Waals surface area contributed by atoms with E-state index in [1.54, 1.807) is 12.1 Å². The van der Waals surface area contributed by atoms with Crippen molar-refractivity contribution >= 4 is 11.6 Å². The van der Waals surface area contributed by atoms with Crippen LogP contribution in [0.25, 0.3) is 0 Å². The first kappa shape index (κ1) is 17.3. The highest BCUT2D eigenvalue weighted by Crippen LogP contribution is 2.14. The van der Waals surface area contributed by atoms with E-state index in [1.807, 2.05) is 12.1 Å². The molecule has 0 atom stereocenters. The molecule has 0 heterocycles. The molecule has 0 aliphatic rings. The molecule has 0 aliphatic heterocycles. The molecular weight excluding hydrogens is 331 g/mol. The molecule has 0 saturated carbocycles. The fourth-order valence-corrected chi connectivity index (χ4v) is 2.69. The van der Waals surface area contributed by atoms with Crippen LogP contribution in [0.1, 0.15) is 27.8 Å². The zero-order valence-electron chi connectivity index (χ0n) is 14.0. The van der Waals surface area contributed by atoms with Gasteiger partial charge in [0.2, 0.25) is 0 Å². The molecule has 0 aromatic heterocycles. The highest BCUT2D eigenvalue weighted by Gasteiger charge is 2.00. The number of benzene rings is 3. The van der Waals surface area contributed by atoms with Crippen LogP contribution in [-0.4, -0.2) is 0 Å². The summed E-state index contributed by atoms with van der Waals surface area (Å²) in [4.78, 5) is 0. The Balaban J connectivity index is 1.64. The summed E-state index contributed by atoms with van der Waals surface area (Å²) in [7, 11) is 0. The maximum absolute atomic E-state index is 13.7. The molecule has 0 N–H and O–H groups in total. The van der Waals surface area contributed by atoms with Crippen molar-refractivity contribution in [2.75, 3.05) is 0 Å². The number of hydrogen-bond donors (Lipinski definition) is 0. The van der Waals surface area contributed by atoms with Crippen LogP contribution in [0.15, 0.2) is 66.7 Å². The lowest BCUT2D eigenvalue weighted by molar-refractivity contribution is 0.624. The zero-order valence-corrected chi connectivity index (χ0v) is 14.8. The lowest BCUT2D eigenvalue weighted by Gasteiger charge is -2.03. The maximum atomic E-state index is 13.7. The van der Waals surface area contributed by atoms with E-state index in [4.69, 9.17) is 11.6 Å². The van der Waals surface area contributed by atoms with E-state index in [0.29, 0.717) is 10.6 Å². The van der Waals surface area contributed by atoms with Crippen LogP contribution < -0.4 is 0 Å². The minimum atomic E-state index is -0.394. The van der Waals surface area contributed by atoms with Gasteiger partial charge in [-0.1, -0.05) is 65.4 Å². The number of halogens is 2. The second-order valence-corrected chi connectivity index (χ2v) is 6.49. The second kappa shape index (κ2) is 8.01. The molecule has 0 unspecified atom stereocenters. The Morgan fingerprint density at radius 3 is 2.00 bits per heavy atom. The van der Waals surface area contributed by atoms with Gasteiger partial charge in [-0.15, -0.1) is 0 Å². The zero-order chi connectivity index (χ0) is 17.6. The van der Waals surface area contributed by atoms with Gasteiger partial charge in [0.1, 0.15) is 5.82 Å². The smallest absolute Gasteiger partial charge is 0.140 e. The number of hydrogen-bond acceptors (Lipinski definition) is 0. The van der Waals surface area contributed by atoms with E-state index in [9.17, 15) is 4.39 Å². The Bertz CT molecular complexity index is 913. The first-order valence-electron chi connectivity index (χ1n) is 8.22. The molecule has 0 bridgehead atoms. The predicted molar refractivity (Wildman–Crippen MR) is 102 cm³/mol. The quantitative estimate of drug-likeness (QED) is 0.511. The minimum absolute atomic E-state index is 0.354. The molecule has 2 heteroatoms. The molecule has 3 aromatic rings. The molecular formula is C23H18ClF. The van der Waals surface area contributed by atoms with E-state index < -0.39 is 5.82 Å². The molecule has 0 spiro atoms. The van der Waals surface area contributed by atoms with Crippen LogP contribution in [0.3, 0.4) is 0 Å². The highest BCUT2D eigenvalue weighted by atomic mass is 35.5. The minimum Gasteiger partial charge on any atom is -0.206 e. The summed E-state index contributed by atoms with van der Waals surface area (Å²) in [6.45, 7) is 2.10. The predicted octanol–water partition coefficient (Wildman–Crippen LogP) is 5.97.